The highest BCUT2D eigenvalue weighted by Crippen LogP contribution is 2.32. The van der Waals surface area contributed by atoms with Gasteiger partial charge in [0.25, 0.3) is 0 Å². The van der Waals surface area contributed by atoms with Gasteiger partial charge in [0.2, 0.25) is 5.91 Å². The van der Waals surface area contributed by atoms with Crippen LogP contribution in [0, 0.1) is 0 Å². The fourth-order valence-corrected chi connectivity index (χ4v) is 3.97. The molecule has 0 aliphatic carbocycles. The lowest BCUT2D eigenvalue weighted by molar-refractivity contribution is -0.115. The van der Waals surface area contributed by atoms with Gasteiger partial charge in [-0.15, -0.1) is 0 Å². The van der Waals surface area contributed by atoms with E-state index in [9.17, 15) is 14.7 Å². The molecule has 172 valence electrons. The van der Waals surface area contributed by atoms with Crippen molar-refractivity contribution in [2.24, 2.45) is 0 Å². The first-order valence-electron chi connectivity index (χ1n) is 11.3. The van der Waals surface area contributed by atoms with Gasteiger partial charge in [-0.05, 0) is 46.2 Å². The monoisotopic (exact) mass is 444 g/mol. The van der Waals surface area contributed by atoms with Crippen LogP contribution in [0.3, 0.4) is 0 Å². The maximum Gasteiger partial charge on any atom is 0.335 e. The first-order chi connectivity index (χ1) is 15.8. The van der Waals surface area contributed by atoms with E-state index in [0.717, 1.165) is 27.9 Å². The van der Waals surface area contributed by atoms with E-state index < -0.39 is 5.97 Å². The van der Waals surface area contributed by atoms with E-state index >= 15 is 0 Å². The van der Waals surface area contributed by atoms with E-state index in [2.05, 4.69) is 50.5 Å². The molecule has 0 spiro atoms. The van der Waals surface area contributed by atoms with Crippen LogP contribution in [0.5, 0.6) is 0 Å². The fourth-order valence-electron chi connectivity index (χ4n) is 3.97. The molecular formula is C28H32N2O3. The topological polar surface area (TPSA) is 78.4 Å². The second-order valence-corrected chi connectivity index (χ2v) is 8.82. The van der Waals surface area contributed by atoms with Crippen molar-refractivity contribution in [3.05, 3.63) is 101 Å². The highest BCUT2D eigenvalue weighted by molar-refractivity contribution is 5.94. The van der Waals surface area contributed by atoms with Crippen LogP contribution in [0.4, 0.5) is 5.69 Å². The van der Waals surface area contributed by atoms with Crippen molar-refractivity contribution in [1.82, 2.24) is 5.32 Å². The molecule has 33 heavy (non-hydrogen) atoms. The summed E-state index contributed by atoms with van der Waals surface area (Å²) in [6, 6.07) is 22.5. The van der Waals surface area contributed by atoms with Crippen molar-refractivity contribution in [2.45, 2.75) is 45.6 Å². The molecule has 0 radical (unpaired) electrons. The number of carbonyl (C=O) groups is 2. The number of hydrogen-bond acceptors (Lipinski definition) is 3. The smallest absolute Gasteiger partial charge is 0.335 e. The Balaban J connectivity index is 1.82. The summed E-state index contributed by atoms with van der Waals surface area (Å²) in [6.45, 7) is 8.61. The van der Waals surface area contributed by atoms with Crippen molar-refractivity contribution in [1.29, 1.82) is 0 Å². The number of hydrogen-bond donors (Lipinski definition) is 3. The number of amides is 1. The van der Waals surface area contributed by atoms with Crippen LogP contribution < -0.4 is 10.6 Å². The largest absolute Gasteiger partial charge is 0.478 e. The van der Waals surface area contributed by atoms with Gasteiger partial charge in [0.15, 0.2) is 0 Å². The predicted octanol–water partition coefficient (Wildman–Crippen LogP) is 5.95. The van der Waals surface area contributed by atoms with Gasteiger partial charge in [0.1, 0.15) is 0 Å². The van der Waals surface area contributed by atoms with Crippen LogP contribution in [-0.2, 0) is 4.79 Å². The molecule has 0 aliphatic heterocycles. The summed E-state index contributed by atoms with van der Waals surface area (Å²) in [6.07, 6.45) is 0. The zero-order valence-corrected chi connectivity index (χ0v) is 19.6. The Morgan fingerprint density at radius 3 is 1.82 bits per heavy atom. The Labute approximate surface area is 195 Å². The summed E-state index contributed by atoms with van der Waals surface area (Å²) in [5.41, 5.74) is 5.27. The minimum Gasteiger partial charge on any atom is -0.478 e. The van der Waals surface area contributed by atoms with Crippen LogP contribution in [0.1, 0.15) is 78.2 Å². The fraction of sp³-hybridized carbons (Fsp3) is 0.286. The van der Waals surface area contributed by atoms with Crippen LogP contribution >= 0.6 is 0 Å². The summed E-state index contributed by atoms with van der Waals surface area (Å²) in [7, 11) is 0. The van der Waals surface area contributed by atoms with E-state index in [0.29, 0.717) is 0 Å². The zero-order valence-electron chi connectivity index (χ0n) is 19.6. The average molecular weight is 445 g/mol. The molecule has 3 aromatic rings. The van der Waals surface area contributed by atoms with Crippen molar-refractivity contribution >= 4 is 17.6 Å². The second-order valence-electron chi connectivity index (χ2n) is 8.82. The Kier molecular flexibility index (Phi) is 8.01. The zero-order chi connectivity index (χ0) is 24.0. The standard InChI is InChI=1S/C28H32N2O3/c1-18(2)23-11-8-12-24(19(3)4)27(23)30-25(31)17-29-26(20-9-6-5-7-10-20)21-13-15-22(16-14-21)28(32)33/h5-16,18-19,26,29H,17H2,1-4H3,(H,30,31)(H,32,33). The highest BCUT2D eigenvalue weighted by atomic mass is 16.4. The first kappa shape index (κ1) is 24.2. The van der Waals surface area contributed by atoms with Gasteiger partial charge in [-0.3, -0.25) is 10.1 Å². The second kappa shape index (κ2) is 10.9. The van der Waals surface area contributed by atoms with E-state index in [1.807, 2.05) is 36.4 Å². The SMILES string of the molecule is CC(C)c1cccc(C(C)C)c1NC(=O)CNC(c1ccccc1)c1ccc(C(=O)O)cc1. The lowest BCUT2D eigenvalue weighted by Gasteiger charge is -2.22. The van der Waals surface area contributed by atoms with Crippen LogP contribution in [-0.4, -0.2) is 23.5 Å². The molecule has 1 amide bonds. The maximum atomic E-state index is 13.0. The molecule has 0 heterocycles. The number of carboxylic acid groups (broad SMARTS) is 1. The van der Waals surface area contributed by atoms with E-state index in [1.54, 1.807) is 24.3 Å². The lowest BCUT2D eigenvalue weighted by Crippen LogP contribution is -2.32. The van der Waals surface area contributed by atoms with Gasteiger partial charge in [-0.25, -0.2) is 4.79 Å². The van der Waals surface area contributed by atoms with Gasteiger partial charge in [0.05, 0.1) is 18.2 Å². The lowest BCUT2D eigenvalue weighted by atomic mass is 9.92. The predicted molar refractivity (Wildman–Crippen MR) is 133 cm³/mol. The highest BCUT2D eigenvalue weighted by Gasteiger charge is 2.19. The number of carboxylic acids is 1. The molecule has 3 aromatic carbocycles. The number of aromatic carboxylic acids is 1. The summed E-state index contributed by atoms with van der Waals surface area (Å²) in [5, 5.41) is 15.7. The van der Waals surface area contributed by atoms with Crippen LogP contribution in [0.15, 0.2) is 72.8 Å². The maximum absolute atomic E-state index is 13.0. The molecule has 0 aliphatic rings. The number of benzene rings is 3. The number of nitrogens with one attached hydrogen (secondary N) is 2. The van der Waals surface area contributed by atoms with Crippen LogP contribution in [0.25, 0.3) is 0 Å². The molecule has 0 bridgehead atoms. The van der Waals surface area contributed by atoms with Gasteiger partial charge in [-0.2, -0.15) is 0 Å². The minimum atomic E-state index is -0.963. The number of para-hydroxylation sites is 1. The normalized spacial score (nSPS) is 12.1. The van der Waals surface area contributed by atoms with E-state index in [4.69, 9.17) is 0 Å². The van der Waals surface area contributed by atoms with Crippen molar-refractivity contribution in [3.8, 4) is 0 Å². The number of anilines is 1. The van der Waals surface area contributed by atoms with Crippen molar-refractivity contribution in [2.75, 3.05) is 11.9 Å². The van der Waals surface area contributed by atoms with Gasteiger partial charge in [-0.1, -0.05) is 88.4 Å². The molecule has 0 saturated heterocycles. The third-order valence-electron chi connectivity index (χ3n) is 5.73. The summed E-state index contributed by atoms with van der Waals surface area (Å²) >= 11 is 0. The molecule has 0 saturated carbocycles. The van der Waals surface area contributed by atoms with Crippen molar-refractivity contribution in [3.63, 3.8) is 0 Å². The van der Waals surface area contributed by atoms with Gasteiger partial charge in [0, 0.05) is 5.69 Å². The van der Waals surface area contributed by atoms with Crippen LogP contribution in [0.2, 0.25) is 0 Å². The molecular weight excluding hydrogens is 412 g/mol. The van der Waals surface area contributed by atoms with Gasteiger partial charge < -0.3 is 10.4 Å². The molecule has 5 nitrogen and oxygen atoms in total. The number of carbonyl (C=O) groups excluding carboxylic acids is 1. The molecule has 0 aromatic heterocycles. The van der Waals surface area contributed by atoms with E-state index in [1.165, 1.54) is 0 Å². The average Bonchev–Trinajstić information content (AvgIpc) is 2.80. The minimum absolute atomic E-state index is 0.115. The quantitative estimate of drug-likeness (QED) is 0.381. The first-order valence-corrected chi connectivity index (χ1v) is 11.3. The molecule has 5 heteroatoms. The molecule has 1 atom stereocenters. The summed E-state index contributed by atoms with van der Waals surface area (Å²) in [4.78, 5) is 24.2. The molecule has 3 N–H and O–H groups in total. The Bertz CT molecular complexity index is 1060. The summed E-state index contributed by atoms with van der Waals surface area (Å²) in [5.74, 6) is -0.503. The Morgan fingerprint density at radius 1 is 0.758 bits per heavy atom. The molecule has 1 unspecified atom stereocenters. The Hall–Kier alpha value is -3.44. The third-order valence-corrected chi connectivity index (χ3v) is 5.73. The Morgan fingerprint density at radius 2 is 1.30 bits per heavy atom. The summed E-state index contributed by atoms with van der Waals surface area (Å²) < 4.78 is 0. The number of rotatable bonds is 9. The third kappa shape index (κ3) is 6.08. The molecule has 3 rings (SSSR count). The molecule has 0 fully saturated rings. The van der Waals surface area contributed by atoms with Gasteiger partial charge >= 0.3 is 5.97 Å². The van der Waals surface area contributed by atoms with Crippen molar-refractivity contribution < 1.29 is 14.7 Å². The van der Waals surface area contributed by atoms with E-state index in [-0.39, 0.29) is 35.9 Å².